The van der Waals surface area contributed by atoms with Crippen LogP contribution in [0, 0.1) is 11.7 Å². The minimum atomic E-state index is -0.459. The SMILES string of the molecule is O=C(OC1CCOC1)N1CC(Cc2nc(-c3c[nH]c4ncc(Cl)cc34)ncc2F)C1. The largest absolute Gasteiger partial charge is 0.444 e. The highest BCUT2D eigenvalue weighted by atomic mass is 35.5. The number of hydrogen-bond donors (Lipinski definition) is 1. The number of hydrogen-bond acceptors (Lipinski definition) is 6. The Morgan fingerprint density at radius 1 is 1.37 bits per heavy atom. The molecule has 1 amide bonds. The molecule has 0 spiro atoms. The Bertz CT molecular complexity index is 1100. The summed E-state index contributed by atoms with van der Waals surface area (Å²) in [5.41, 5.74) is 1.69. The average Bonchev–Trinajstić information content (AvgIpc) is 3.35. The lowest BCUT2D eigenvalue weighted by molar-refractivity contribution is 0.0231. The predicted molar refractivity (Wildman–Crippen MR) is 107 cm³/mol. The van der Waals surface area contributed by atoms with Gasteiger partial charge in [-0.3, -0.25) is 0 Å². The molecule has 3 aromatic rings. The van der Waals surface area contributed by atoms with E-state index in [1.165, 1.54) is 6.20 Å². The molecule has 2 saturated heterocycles. The first kappa shape index (κ1) is 19.2. The Balaban J connectivity index is 1.27. The van der Waals surface area contributed by atoms with Crippen LogP contribution in [0.4, 0.5) is 9.18 Å². The molecule has 0 aliphatic carbocycles. The summed E-state index contributed by atoms with van der Waals surface area (Å²) < 4.78 is 25.0. The van der Waals surface area contributed by atoms with Crippen LogP contribution in [0.25, 0.3) is 22.4 Å². The second kappa shape index (κ2) is 7.81. The maximum atomic E-state index is 14.4. The van der Waals surface area contributed by atoms with E-state index in [1.807, 2.05) is 0 Å². The highest BCUT2D eigenvalue weighted by Crippen LogP contribution is 2.28. The molecule has 0 radical (unpaired) electrons. The molecule has 2 fully saturated rings. The van der Waals surface area contributed by atoms with Gasteiger partial charge in [0.25, 0.3) is 0 Å². The second-order valence-electron chi connectivity index (χ2n) is 7.58. The van der Waals surface area contributed by atoms with Crippen LogP contribution in [0.1, 0.15) is 12.1 Å². The first-order chi connectivity index (χ1) is 14.6. The first-order valence-electron chi connectivity index (χ1n) is 9.74. The van der Waals surface area contributed by atoms with E-state index in [0.29, 0.717) is 60.5 Å². The van der Waals surface area contributed by atoms with Gasteiger partial charge in [-0.25, -0.2) is 24.1 Å². The van der Waals surface area contributed by atoms with E-state index in [0.717, 1.165) is 11.8 Å². The third-order valence-electron chi connectivity index (χ3n) is 5.41. The van der Waals surface area contributed by atoms with E-state index in [2.05, 4.69) is 19.9 Å². The number of nitrogens with one attached hydrogen (secondary N) is 1. The lowest BCUT2D eigenvalue weighted by Gasteiger charge is -2.38. The zero-order chi connectivity index (χ0) is 20.7. The monoisotopic (exact) mass is 431 g/mol. The van der Waals surface area contributed by atoms with Crippen molar-refractivity contribution in [2.75, 3.05) is 26.3 Å². The summed E-state index contributed by atoms with van der Waals surface area (Å²) in [6.45, 7) is 2.09. The fourth-order valence-corrected chi connectivity index (χ4v) is 3.94. The number of halogens is 2. The van der Waals surface area contributed by atoms with Gasteiger partial charge in [0.2, 0.25) is 0 Å². The third kappa shape index (κ3) is 3.70. The van der Waals surface area contributed by atoms with E-state index in [-0.39, 0.29) is 18.1 Å². The number of carbonyl (C=O) groups is 1. The molecule has 2 aliphatic heterocycles. The standard InChI is InChI=1S/C20H19ClFN5O3/c21-12-4-14-15(6-24-18(14)23-5-12)19-25-7-16(22)17(26-19)3-11-8-27(9-11)20(28)30-13-1-2-29-10-13/h4-7,11,13H,1-3,8-10H2,(H,23,24). The Kier molecular flexibility index (Phi) is 5.00. The maximum Gasteiger partial charge on any atom is 0.410 e. The lowest BCUT2D eigenvalue weighted by Crippen LogP contribution is -2.51. The van der Waals surface area contributed by atoms with Gasteiger partial charge in [0.15, 0.2) is 11.6 Å². The van der Waals surface area contributed by atoms with Crippen molar-refractivity contribution >= 4 is 28.7 Å². The summed E-state index contributed by atoms with van der Waals surface area (Å²) in [7, 11) is 0. The van der Waals surface area contributed by atoms with Gasteiger partial charge >= 0.3 is 6.09 Å². The molecule has 3 aromatic heterocycles. The van der Waals surface area contributed by atoms with Crippen molar-refractivity contribution in [1.82, 2.24) is 24.8 Å². The number of amides is 1. The molecule has 2 aliphatic rings. The zero-order valence-corrected chi connectivity index (χ0v) is 16.7. The number of pyridine rings is 1. The lowest BCUT2D eigenvalue weighted by atomic mass is 9.95. The minimum Gasteiger partial charge on any atom is -0.444 e. The molecule has 10 heteroatoms. The van der Waals surface area contributed by atoms with Crippen LogP contribution in [-0.4, -0.2) is 63.3 Å². The van der Waals surface area contributed by atoms with Gasteiger partial charge in [0, 0.05) is 42.9 Å². The number of likely N-dealkylation sites (tertiary alicyclic amines) is 1. The van der Waals surface area contributed by atoms with Gasteiger partial charge in [-0.05, 0) is 18.4 Å². The van der Waals surface area contributed by atoms with Crippen molar-refractivity contribution in [3.05, 3.63) is 41.2 Å². The topological polar surface area (TPSA) is 93.2 Å². The van der Waals surface area contributed by atoms with Crippen LogP contribution in [0.5, 0.6) is 0 Å². The number of nitrogens with zero attached hydrogens (tertiary/aromatic N) is 4. The molecular weight excluding hydrogens is 413 g/mol. The number of rotatable bonds is 4. The van der Waals surface area contributed by atoms with E-state index in [9.17, 15) is 9.18 Å². The molecule has 8 nitrogen and oxygen atoms in total. The molecule has 156 valence electrons. The van der Waals surface area contributed by atoms with Gasteiger partial charge in [-0.2, -0.15) is 0 Å². The Morgan fingerprint density at radius 2 is 2.23 bits per heavy atom. The van der Waals surface area contributed by atoms with Crippen LogP contribution in [0.3, 0.4) is 0 Å². The predicted octanol–water partition coefficient (Wildman–Crippen LogP) is 3.21. The number of carbonyl (C=O) groups excluding carboxylic acids is 1. The van der Waals surface area contributed by atoms with Crippen molar-refractivity contribution in [2.24, 2.45) is 5.92 Å². The molecule has 1 N–H and O–H groups in total. The summed E-state index contributed by atoms with van der Waals surface area (Å²) in [5.74, 6) is 0.0612. The normalized spacial score (nSPS) is 19.3. The molecule has 1 unspecified atom stereocenters. The first-order valence-corrected chi connectivity index (χ1v) is 10.1. The number of aromatic amines is 1. The van der Waals surface area contributed by atoms with Gasteiger partial charge < -0.3 is 19.4 Å². The van der Waals surface area contributed by atoms with E-state index in [1.54, 1.807) is 23.4 Å². The fourth-order valence-electron chi connectivity index (χ4n) is 3.78. The van der Waals surface area contributed by atoms with Crippen molar-refractivity contribution in [3.63, 3.8) is 0 Å². The highest BCUT2D eigenvalue weighted by Gasteiger charge is 2.34. The minimum absolute atomic E-state index is 0.119. The second-order valence-corrected chi connectivity index (χ2v) is 8.02. The van der Waals surface area contributed by atoms with Crippen molar-refractivity contribution in [1.29, 1.82) is 0 Å². The quantitative estimate of drug-likeness (QED) is 0.681. The summed E-state index contributed by atoms with van der Waals surface area (Å²) in [6, 6.07) is 1.77. The Labute approximate surface area is 176 Å². The zero-order valence-electron chi connectivity index (χ0n) is 16.0. The maximum absolute atomic E-state index is 14.4. The summed E-state index contributed by atoms with van der Waals surface area (Å²) in [5, 5.41) is 1.27. The highest BCUT2D eigenvalue weighted by molar-refractivity contribution is 6.31. The molecule has 0 aromatic carbocycles. The Morgan fingerprint density at radius 3 is 3.03 bits per heavy atom. The van der Waals surface area contributed by atoms with E-state index in [4.69, 9.17) is 21.1 Å². The van der Waals surface area contributed by atoms with Crippen LogP contribution in [0.2, 0.25) is 5.02 Å². The van der Waals surface area contributed by atoms with Crippen LogP contribution < -0.4 is 0 Å². The van der Waals surface area contributed by atoms with Crippen molar-refractivity contribution in [3.8, 4) is 11.4 Å². The third-order valence-corrected chi connectivity index (χ3v) is 5.61. The van der Waals surface area contributed by atoms with Crippen molar-refractivity contribution < 1.29 is 18.7 Å². The smallest absolute Gasteiger partial charge is 0.410 e. The summed E-state index contributed by atoms with van der Waals surface area (Å²) in [4.78, 5) is 29.6. The van der Waals surface area contributed by atoms with Crippen LogP contribution >= 0.6 is 11.6 Å². The average molecular weight is 432 g/mol. The molecule has 30 heavy (non-hydrogen) atoms. The van der Waals surface area contributed by atoms with Crippen LogP contribution in [-0.2, 0) is 15.9 Å². The van der Waals surface area contributed by atoms with Crippen LogP contribution in [0.15, 0.2) is 24.7 Å². The molecule has 0 bridgehead atoms. The van der Waals surface area contributed by atoms with Gasteiger partial charge in [-0.1, -0.05) is 11.6 Å². The molecular formula is C20H19ClFN5O3. The van der Waals surface area contributed by atoms with Gasteiger partial charge in [-0.15, -0.1) is 0 Å². The molecule has 1 atom stereocenters. The van der Waals surface area contributed by atoms with Crippen molar-refractivity contribution in [2.45, 2.75) is 18.9 Å². The van der Waals surface area contributed by atoms with E-state index >= 15 is 0 Å². The number of fused-ring (bicyclic) bond motifs is 1. The molecule has 5 rings (SSSR count). The molecule has 5 heterocycles. The fraction of sp³-hybridized carbons (Fsp3) is 0.400. The summed E-state index contributed by atoms with van der Waals surface area (Å²) >= 11 is 6.05. The number of ether oxygens (including phenoxy) is 2. The summed E-state index contributed by atoms with van der Waals surface area (Å²) in [6.07, 6.45) is 5.10. The van der Waals surface area contributed by atoms with Gasteiger partial charge in [0.05, 0.1) is 30.1 Å². The number of H-pyrrole nitrogens is 1. The molecule has 0 saturated carbocycles. The number of aromatic nitrogens is 4. The van der Waals surface area contributed by atoms with E-state index < -0.39 is 5.82 Å². The van der Waals surface area contributed by atoms with Gasteiger partial charge in [0.1, 0.15) is 11.8 Å². The Hall–Kier alpha value is -2.78.